The van der Waals surface area contributed by atoms with Crippen molar-refractivity contribution in [3.05, 3.63) is 200 Å². The zero-order chi connectivity index (χ0) is 37.5. The van der Waals surface area contributed by atoms with Gasteiger partial charge in [0.05, 0.1) is 16.8 Å². The van der Waals surface area contributed by atoms with Gasteiger partial charge in [0.15, 0.2) is 0 Å². The van der Waals surface area contributed by atoms with Crippen LogP contribution in [0.15, 0.2) is 205 Å². The highest BCUT2D eigenvalue weighted by Gasteiger charge is 2.24. The molecule has 0 spiro atoms. The van der Waals surface area contributed by atoms with Crippen LogP contribution in [0.4, 0.5) is 17.1 Å². The molecule has 0 aliphatic heterocycles. The molecule has 0 radical (unpaired) electrons. The summed E-state index contributed by atoms with van der Waals surface area (Å²) in [5.74, 6) is 0. The minimum absolute atomic E-state index is 0.873. The largest absolute Gasteiger partial charge is 0.455 e. The highest BCUT2D eigenvalue weighted by molar-refractivity contribution is 7.26. The first-order valence-electron chi connectivity index (χ1n) is 19.4. The van der Waals surface area contributed by atoms with Crippen LogP contribution in [0, 0.1) is 0 Å². The van der Waals surface area contributed by atoms with Crippen molar-refractivity contribution in [2.75, 3.05) is 4.90 Å². The lowest BCUT2D eigenvalue weighted by Crippen LogP contribution is -2.10. The first kappa shape index (κ1) is 32.1. The van der Waals surface area contributed by atoms with Gasteiger partial charge >= 0.3 is 0 Å². The van der Waals surface area contributed by atoms with Gasteiger partial charge in [-0.1, -0.05) is 152 Å². The van der Waals surface area contributed by atoms with Crippen molar-refractivity contribution in [2.45, 2.75) is 0 Å². The van der Waals surface area contributed by atoms with Crippen LogP contribution in [0.3, 0.4) is 0 Å². The molecule has 2 heterocycles. The van der Waals surface area contributed by atoms with Crippen molar-refractivity contribution in [1.29, 1.82) is 0 Å². The van der Waals surface area contributed by atoms with Gasteiger partial charge in [-0.05, 0) is 97.7 Å². The molecule has 266 valence electrons. The number of nitrogens with zero attached hydrogens (tertiary/aromatic N) is 1. The highest BCUT2D eigenvalue weighted by Crippen LogP contribution is 2.50. The van der Waals surface area contributed by atoms with Crippen molar-refractivity contribution in [2.24, 2.45) is 0 Å². The molecular weight excluding hydrogens is 711 g/mol. The molecule has 57 heavy (non-hydrogen) atoms. The van der Waals surface area contributed by atoms with E-state index in [0.717, 1.165) is 44.4 Å². The Hall–Kier alpha value is -7.20. The molecule has 2 nitrogen and oxygen atoms in total. The molecule has 12 rings (SSSR count). The average molecular weight is 744 g/mol. The maximum absolute atomic E-state index is 6.75. The van der Waals surface area contributed by atoms with E-state index in [2.05, 4.69) is 205 Å². The summed E-state index contributed by atoms with van der Waals surface area (Å²) in [5.41, 5.74) is 9.98. The van der Waals surface area contributed by atoms with Gasteiger partial charge in [0.25, 0.3) is 0 Å². The van der Waals surface area contributed by atoms with Crippen LogP contribution >= 0.6 is 11.3 Å². The molecule has 0 bridgehead atoms. The summed E-state index contributed by atoms with van der Waals surface area (Å²) in [6, 6.07) is 72.7. The summed E-state index contributed by atoms with van der Waals surface area (Å²) in [4.78, 5) is 2.45. The summed E-state index contributed by atoms with van der Waals surface area (Å²) in [6.45, 7) is 0. The minimum Gasteiger partial charge on any atom is -0.455 e. The molecule has 10 aromatic carbocycles. The monoisotopic (exact) mass is 743 g/mol. The van der Waals surface area contributed by atoms with Crippen LogP contribution in [0.2, 0.25) is 0 Å². The van der Waals surface area contributed by atoms with Crippen LogP contribution in [-0.4, -0.2) is 0 Å². The fourth-order valence-electron chi connectivity index (χ4n) is 9.19. The van der Waals surface area contributed by atoms with Crippen LogP contribution in [0.25, 0.3) is 96.7 Å². The second-order valence-electron chi connectivity index (χ2n) is 14.8. The van der Waals surface area contributed by atoms with E-state index in [-0.39, 0.29) is 0 Å². The van der Waals surface area contributed by atoms with E-state index < -0.39 is 0 Å². The third-order valence-corrected chi connectivity index (χ3v) is 12.8. The Morgan fingerprint density at radius 1 is 0.351 bits per heavy atom. The summed E-state index contributed by atoms with van der Waals surface area (Å²) >= 11 is 1.85. The van der Waals surface area contributed by atoms with Gasteiger partial charge in [0.1, 0.15) is 11.2 Å². The fourth-order valence-corrected chi connectivity index (χ4v) is 10.3. The Morgan fingerprint density at radius 2 is 0.912 bits per heavy atom. The Balaban J connectivity index is 1.14. The van der Waals surface area contributed by atoms with Gasteiger partial charge in [-0.3, -0.25) is 0 Å². The highest BCUT2D eigenvalue weighted by atomic mass is 32.1. The Bertz CT molecular complexity index is 3520. The summed E-state index contributed by atoms with van der Waals surface area (Å²) in [5, 5.41) is 12.0. The van der Waals surface area contributed by atoms with E-state index in [4.69, 9.17) is 4.42 Å². The lowest BCUT2D eigenvalue weighted by atomic mass is 9.85. The average Bonchev–Trinajstić information content (AvgIpc) is 3.86. The van der Waals surface area contributed by atoms with Crippen molar-refractivity contribution < 1.29 is 4.42 Å². The molecule has 0 saturated heterocycles. The van der Waals surface area contributed by atoms with E-state index in [1.807, 2.05) is 11.3 Å². The second kappa shape index (κ2) is 12.7. The zero-order valence-electron chi connectivity index (χ0n) is 30.8. The quantitative estimate of drug-likeness (QED) is 0.163. The number of hydrogen-bond donors (Lipinski definition) is 0. The molecule has 0 aliphatic rings. The second-order valence-corrected chi connectivity index (χ2v) is 15.8. The van der Waals surface area contributed by atoms with Gasteiger partial charge in [-0.25, -0.2) is 0 Å². The number of rotatable bonds is 5. The molecule has 0 atom stereocenters. The number of furan rings is 1. The summed E-state index contributed by atoms with van der Waals surface area (Å²) < 4.78 is 9.30. The van der Waals surface area contributed by atoms with E-state index in [0.29, 0.717) is 0 Å². The maximum Gasteiger partial charge on any atom is 0.143 e. The lowest BCUT2D eigenvalue weighted by Gasteiger charge is -2.27. The van der Waals surface area contributed by atoms with Crippen LogP contribution in [0.1, 0.15) is 0 Å². The molecular formula is C54H33NOS. The number of benzene rings is 10. The van der Waals surface area contributed by atoms with Gasteiger partial charge in [0, 0.05) is 36.6 Å². The first-order valence-corrected chi connectivity index (χ1v) is 20.2. The molecule has 0 aliphatic carbocycles. The number of hydrogen-bond acceptors (Lipinski definition) is 3. The Morgan fingerprint density at radius 3 is 1.65 bits per heavy atom. The standard InChI is InChI=1S/C54H33NOS/c1-2-15-35(16-3-1)50-41-20-8-6-18-39(41)40-19-7-9-21-42(40)51(50)36-28-31-37(32-29-36)55(46-24-13-27-49-53(46)43-22-10-11-26-48(43)57-49)45-23-12-25-47-52(45)44-33-30-34-14-4-5-17-38(34)54(44)56-47/h1-33H. The molecule has 0 N–H and O–H groups in total. The number of thiophene rings is 1. The van der Waals surface area contributed by atoms with Crippen molar-refractivity contribution in [3.8, 4) is 22.3 Å². The molecule has 0 saturated carbocycles. The smallest absolute Gasteiger partial charge is 0.143 e. The topological polar surface area (TPSA) is 16.4 Å². The number of fused-ring (bicyclic) bond motifs is 11. The normalized spacial score (nSPS) is 11.9. The van der Waals surface area contributed by atoms with E-state index in [1.165, 1.54) is 69.4 Å². The predicted octanol–water partition coefficient (Wildman–Crippen LogP) is 16.2. The van der Waals surface area contributed by atoms with Gasteiger partial charge in [-0.2, -0.15) is 0 Å². The fraction of sp³-hybridized carbons (Fsp3) is 0. The van der Waals surface area contributed by atoms with E-state index in [1.54, 1.807) is 0 Å². The first-order chi connectivity index (χ1) is 28.3. The molecule has 3 heteroatoms. The van der Waals surface area contributed by atoms with Crippen LogP contribution in [-0.2, 0) is 0 Å². The van der Waals surface area contributed by atoms with Crippen molar-refractivity contribution >= 4 is 103 Å². The minimum atomic E-state index is 0.873. The van der Waals surface area contributed by atoms with Gasteiger partial charge in [0.2, 0.25) is 0 Å². The maximum atomic E-state index is 6.75. The summed E-state index contributed by atoms with van der Waals surface area (Å²) in [7, 11) is 0. The lowest BCUT2D eigenvalue weighted by molar-refractivity contribution is 0.672. The molecule has 12 aromatic rings. The van der Waals surface area contributed by atoms with Crippen molar-refractivity contribution in [1.82, 2.24) is 0 Å². The van der Waals surface area contributed by atoms with Crippen LogP contribution in [0.5, 0.6) is 0 Å². The predicted molar refractivity (Wildman–Crippen MR) is 245 cm³/mol. The van der Waals surface area contributed by atoms with Gasteiger partial charge in [-0.15, -0.1) is 11.3 Å². The Kier molecular flexibility index (Phi) is 7.13. The molecule has 0 fully saturated rings. The molecule has 0 amide bonds. The molecule has 2 aromatic heterocycles. The van der Waals surface area contributed by atoms with Crippen LogP contribution < -0.4 is 4.90 Å². The zero-order valence-corrected chi connectivity index (χ0v) is 31.6. The summed E-state index contributed by atoms with van der Waals surface area (Å²) in [6.07, 6.45) is 0. The third-order valence-electron chi connectivity index (χ3n) is 11.6. The van der Waals surface area contributed by atoms with E-state index in [9.17, 15) is 0 Å². The third kappa shape index (κ3) is 4.89. The number of anilines is 3. The van der Waals surface area contributed by atoms with E-state index >= 15 is 0 Å². The van der Waals surface area contributed by atoms with Gasteiger partial charge < -0.3 is 9.32 Å². The molecule has 0 unspecified atom stereocenters. The Labute approximate surface area is 333 Å². The SMILES string of the molecule is c1ccc(-c2c(-c3ccc(N(c4cccc5oc6c7ccccc7ccc6c45)c4cccc5sc6ccccc6c45)cc3)c3ccccc3c3ccccc23)cc1. The van der Waals surface area contributed by atoms with Crippen molar-refractivity contribution in [3.63, 3.8) is 0 Å².